The third kappa shape index (κ3) is 3.41. The average Bonchev–Trinajstić information content (AvgIpc) is 3.12. The molecule has 27 heavy (non-hydrogen) atoms. The number of nitrogens with two attached hydrogens (primary N) is 1. The molecule has 6 heteroatoms. The number of carbonyl (C=O) groups is 2. The van der Waals surface area contributed by atoms with E-state index < -0.39 is 5.91 Å². The molecule has 2 heterocycles. The number of primary amides is 1. The Morgan fingerprint density at radius 2 is 1.74 bits per heavy atom. The van der Waals surface area contributed by atoms with E-state index in [1.165, 1.54) is 0 Å². The fraction of sp³-hybridized carbons (Fsp3) is 0. The summed E-state index contributed by atoms with van der Waals surface area (Å²) in [5.41, 5.74) is 8.99. The minimum atomic E-state index is -0.529. The number of nitrogens with zero attached hydrogens (tertiary/aromatic N) is 1. The van der Waals surface area contributed by atoms with Gasteiger partial charge in [0, 0.05) is 22.2 Å². The number of pyridine rings is 1. The van der Waals surface area contributed by atoms with Crippen molar-refractivity contribution in [1.29, 1.82) is 0 Å². The van der Waals surface area contributed by atoms with Gasteiger partial charge in [0.15, 0.2) is 0 Å². The van der Waals surface area contributed by atoms with Gasteiger partial charge >= 0.3 is 0 Å². The Balaban J connectivity index is 1.59. The first-order chi connectivity index (χ1) is 13.1. The lowest BCUT2D eigenvalue weighted by Crippen LogP contribution is -2.13. The molecule has 4 N–H and O–H groups in total. The molecule has 2 aromatic carbocycles. The summed E-state index contributed by atoms with van der Waals surface area (Å²) in [5.74, 6) is -0.837. The summed E-state index contributed by atoms with van der Waals surface area (Å²) in [4.78, 5) is 31.3. The minimum Gasteiger partial charge on any atom is -0.364 e. The van der Waals surface area contributed by atoms with Gasteiger partial charge in [0.1, 0.15) is 11.4 Å². The molecule has 0 unspecified atom stereocenters. The molecule has 0 fully saturated rings. The van der Waals surface area contributed by atoms with Gasteiger partial charge in [-0.1, -0.05) is 36.4 Å². The Hall–Kier alpha value is -3.93. The number of fused-ring (bicyclic) bond motifs is 1. The molecule has 0 saturated carbocycles. The van der Waals surface area contributed by atoms with Crippen LogP contribution in [0.2, 0.25) is 0 Å². The van der Waals surface area contributed by atoms with E-state index in [9.17, 15) is 9.59 Å². The Morgan fingerprint density at radius 1 is 0.926 bits per heavy atom. The number of aromatic amines is 1. The zero-order valence-corrected chi connectivity index (χ0v) is 14.3. The lowest BCUT2D eigenvalue weighted by molar-refractivity contribution is 0.0993. The molecular formula is C21H16N4O2. The van der Waals surface area contributed by atoms with Gasteiger partial charge in [0.2, 0.25) is 0 Å². The normalized spacial score (nSPS) is 10.7. The van der Waals surface area contributed by atoms with Crippen molar-refractivity contribution in [1.82, 2.24) is 9.97 Å². The van der Waals surface area contributed by atoms with Crippen molar-refractivity contribution in [2.24, 2.45) is 5.73 Å². The smallest absolute Gasteiger partial charge is 0.274 e. The molecule has 0 aliphatic heterocycles. The highest BCUT2D eigenvalue weighted by Gasteiger charge is 2.11. The number of benzene rings is 2. The predicted octanol–water partition coefficient (Wildman–Crippen LogP) is 3.58. The van der Waals surface area contributed by atoms with E-state index in [0.717, 1.165) is 22.2 Å². The lowest BCUT2D eigenvalue weighted by Gasteiger charge is -2.07. The van der Waals surface area contributed by atoms with Crippen LogP contribution in [0.4, 0.5) is 5.69 Å². The number of carbonyl (C=O) groups excluding carboxylic acids is 2. The first-order valence-corrected chi connectivity index (χ1v) is 8.36. The minimum absolute atomic E-state index is 0.308. The summed E-state index contributed by atoms with van der Waals surface area (Å²) in [6, 6.07) is 22.0. The quantitative estimate of drug-likeness (QED) is 0.521. The van der Waals surface area contributed by atoms with Crippen molar-refractivity contribution in [3.05, 3.63) is 84.2 Å². The Morgan fingerprint density at radius 3 is 2.52 bits per heavy atom. The highest BCUT2D eigenvalue weighted by atomic mass is 16.2. The van der Waals surface area contributed by atoms with Crippen LogP contribution in [0.15, 0.2) is 72.8 Å². The molecule has 2 amide bonds. The highest BCUT2D eigenvalue weighted by molar-refractivity contribution is 6.04. The molecule has 0 spiro atoms. The second kappa shape index (κ2) is 6.76. The molecule has 2 aromatic heterocycles. The van der Waals surface area contributed by atoms with E-state index in [1.54, 1.807) is 36.4 Å². The number of hydrogen-bond donors (Lipinski definition) is 3. The van der Waals surface area contributed by atoms with E-state index in [-0.39, 0.29) is 5.91 Å². The number of hydrogen-bond acceptors (Lipinski definition) is 3. The summed E-state index contributed by atoms with van der Waals surface area (Å²) in [5, 5.41) is 3.62. The Kier molecular flexibility index (Phi) is 4.14. The van der Waals surface area contributed by atoms with E-state index in [1.807, 2.05) is 36.4 Å². The lowest BCUT2D eigenvalue weighted by atomic mass is 10.1. The molecule has 0 atom stereocenters. The van der Waals surface area contributed by atoms with Gasteiger partial charge in [-0.15, -0.1) is 0 Å². The molecule has 132 valence electrons. The fourth-order valence-corrected chi connectivity index (χ4v) is 2.87. The third-order valence-corrected chi connectivity index (χ3v) is 4.20. The van der Waals surface area contributed by atoms with Gasteiger partial charge in [0.25, 0.3) is 11.8 Å². The number of amides is 2. The number of nitrogens with one attached hydrogen (secondary N) is 2. The maximum atomic E-state index is 12.6. The van der Waals surface area contributed by atoms with Crippen LogP contribution < -0.4 is 11.1 Å². The Bertz CT molecular complexity index is 1150. The molecule has 4 aromatic rings. The number of anilines is 1. The van der Waals surface area contributed by atoms with Crippen LogP contribution in [-0.4, -0.2) is 21.8 Å². The molecule has 0 saturated heterocycles. The van der Waals surface area contributed by atoms with Gasteiger partial charge in [-0.25, -0.2) is 4.98 Å². The summed E-state index contributed by atoms with van der Waals surface area (Å²) in [6.07, 6.45) is 0. The molecule has 0 bridgehead atoms. The number of aromatic nitrogens is 2. The highest BCUT2D eigenvalue weighted by Crippen LogP contribution is 2.21. The summed E-state index contributed by atoms with van der Waals surface area (Å²) < 4.78 is 0. The zero-order valence-electron chi connectivity index (χ0n) is 14.3. The van der Waals surface area contributed by atoms with Crippen LogP contribution in [0.1, 0.15) is 21.0 Å². The largest absolute Gasteiger partial charge is 0.364 e. The zero-order chi connectivity index (χ0) is 18.8. The van der Waals surface area contributed by atoms with Gasteiger partial charge < -0.3 is 16.0 Å². The van der Waals surface area contributed by atoms with Crippen LogP contribution >= 0.6 is 0 Å². The van der Waals surface area contributed by atoms with Crippen molar-refractivity contribution < 1.29 is 9.59 Å². The fourth-order valence-electron chi connectivity index (χ4n) is 2.87. The summed E-state index contributed by atoms with van der Waals surface area (Å²) in [7, 11) is 0. The van der Waals surface area contributed by atoms with Crippen LogP contribution in [0.5, 0.6) is 0 Å². The van der Waals surface area contributed by atoms with E-state index >= 15 is 0 Å². The van der Waals surface area contributed by atoms with E-state index in [0.29, 0.717) is 17.1 Å². The average molecular weight is 356 g/mol. The predicted molar refractivity (Wildman–Crippen MR) is 104 cm³/mol. The second-order valence-electron chi connectivity index (χ2n) is 6.08. The summed E-state index contributed by atoms with van der Waals surface area (Å²) >= 11 is 0. The van der Waals surface area contributed by atoms with Crippen LogP contribution in [0.25, 0.3) is 22.2 Å². The van der Waals surface area contributed by atoms with Crippen molar-refractivity contribution >= 4 is 28.4 Å². The molecule has 0 radical (unpaired) electrons. The van der Waals surface area contributed by atoms with Crippen LogP contribution in [0, 0.1) is 0 Å². The third-order valence-electron chi connectivity index (χ3n) is 4.20. The topological polar surface area (TPSA) is 101 Å². The number of rotatable bonds is 4. The van der Waals surface area contributed by atoms with Crippen molar-refractivity contribution in [3.63, 3.8) is 0 Å². The van der Waals surface area contributed by atoms with Crippen molar-refractivity contribution in [3.8, 4) is 11.3 Å². The van der Waals surface area contributed by atoms with Gasteiger partial charge in [-0.2, -0.15) is 0 Å². The molecule has 6 nitrogen and oxygen atoms in total. The van der Waals surface area contributed by atoms with Gasteiger partial charge in [-0.05, 0) is 36.4 Å². The first-order valence-electron chi connectivity index (χ1n) is 8.36. The molecule has 4 rings (SSSR count). The number of H-pyrrole nitrogens is 1. The van der Waals surface area contributed by atoms with Crippen LogP contribution in [-0.2, 0) is 0 Å². The molecule has 0 aliphatic carbocycles. The SMILES string of the molecule is NC(=O)c1cc2cc(NC(=O)c3cccc(-c4ccccc4)n3)ccc2[nH]1. The molecule has 0 aliphatic rings. The van der Waals surface area contributed by atoms with Crippen LogP contribution in [0.3, 0.4) is 0 Å². The van der Waals surface area contributed by atoms with Crippen molar-refractivity contribution in [2.75, 3.05) is 5.32 Å². The standard InChI is InChI=1S/C21H16N4O2/c22-20(26)19-12-14-11-15(9-10-17(14)25-19)23-21(27)18-8-4-7-16(24-18)13-5-2-1-3-6-13/h1-12,25H,(H2,22,26)(H,23,27). The van der Waals surface area contributed by atoms with E-state index in [2.05, 4.69) is 15.3 Å². The first kappa shape index (κ1) is 16.5. The monoisotopic (exact) mass is 356 g/mol. The van der Waals surface area contributed by atoms with E-state index in [4.69, 9.17) is 5.73 Å². The van der Waals surface area contributed by atoms with Gasteiger partial charge in [0.05, 0.1) is 5.69 Å². The maximum absolute atomic E-state index is 12.6. The second-order valence-corrected chi connectivity index (χ2v) is 6.08. The van der Waals surface area contributed by atoms with Crippen molar-refractivity contribution in [2.45, 2.75) is 0 Å². The summed E-state index contributed by atoms with van der Waals surface area (Å²) in [6.45, 7) is 0. The molecular weight excluding hydrogens is 340 g/mol. The Labute approximate surface area is 155 Å². The maximum Gasteiger partial charge on any atom is 0.274 e. The van der Waals surface area contributed by atoms with Gasteiger partial charge in [-0.3, -0.25) is 9.59 Å².